The van der Waals surface area contributed by atoms with Crippen LogP contribution in [0.3, 0.4) is 0 Å². The van der Waals surface area contributed by atoms with Crippen LogP contribution in [-0.4, -0.2) is 49.3 Å². The van der Waals surface area contributed by atoms with Crippen LogP contribution in [0.25, 0.3) is 0 Å². The Kier molecular flexibility index (Phi) is 6.26. The van der Waals surface area contributed by atoms with Crippen molar-refractivity contribution in [2.75, 3.05) is 20.6 Å². The van der Waals surface area contributed by atoms with Gasteiger partial charge in [-0.05, 0) is 42.0 Å². The lowest BCUT2D eigenvalue weighted by atomic mass is 10.1. The topological polar surface area (TPSA) is 130 Å². The summed E-state index contributed by atoms with van der Waals surface area (Å²) < 4.78 is 25.1. The van der Waals surface area contributed by atoms with Crippen molar-refractivity contribution in [3.05, 3.63) is 69.8 Å². The molecular weight excluding hydrogens is 374 g/mol. The van der Waals surface area contributed by atoms with E-state index in [1.807, 2.05) is 0 Å². The number of hydrogen-bond donors (Lipinski definition) is 2. The van der Waals surface area contributed by atoms with Crippen LogP contribution in [0, 0.1) is 10.1 Å². The van der Waals surface area contributed by atoms with Gasteiger partial charge in [-0.3, -0.25) is 14.9 Å². The third-order valence-corrected chi connectivity index (χ3v) is 5.67. The number of non-ortho nitro benzene ring substituents is 1. The molecule has 0 heterocycles. The summed E-state index contributed by atoms with van der Waals surface area (Å²) in [5.41, 5.74) is 0.569. The molecule has 0 aliphatic heterocycles. The van der Waals surface area contributed by atoms with Gasteiger partial charge in [-0.15, -0.1) is 0 Å². The first-order valence-corrected chi connectivity index (χ1v) is 9.30. The smallest absolute Gasteiger partial charge is 0.269 e. The highest BCUT2D eigenvalue weighted by Gasteiger charge is 2.18. The Bertz CT molecular complexity index is 924. The molecule has 0 spiro atoms. The molecule has 1 atom stereocenters. The van der Waals surface area contributed by atoms with Crippen LogP contribution >= 0.6 is 0 Å². The molecule has 1 amide bonds. The summed E-state index contributed by atoms with van der Waals surface area (Å²) in [5, 5.41) is 23.2. The molecule has 0 bridgehead atoms. The molecule has 0 aromatic heterocycles. The molecule has 2 rings (SSSR count). The number of benzene rings is 2. The molecule has 0 saturated carbocycles. The van der Waals surface area contributed by atoms with E-state index in [9.17, 15) is 28.4 Å². The standard InChI is InChI=1S/C17H19N3O6S/c1-19(2)27(25,26)15-9-5-13(6-10-15)17(22)18-11-16(21)12-3-7-14(8-4-12)20(23)24/h3-10,16,21H,11H2,1-2H3,(H,18,22)/t16-/m0/s1. The van der Waals surface area contributed by atoms with Crippen molar-refractivity contribution in [1.29, 1.82) is 0 Å². The lowest BCUT2D eigenvalue weighted by Crippen LogP contribution is -2.28. The second kappa shape index (κ2) is 8.25. The lowest BCUT2D eigenvalue weighted by Gasteiger charge is -2.13. The Balaban J connectivity index is 2.00. The number of nitrogens with zero attached hydrogens (tertiary/aromatic N) is 2. The van der Waals surface area contributed by atoms with Crippen molar-refractivity contribution >= 4 is 21.6 Å². The van der Waals surface area contributed by atoms with Crippen molar-refractivity contribution in [1.82, 2.24) is 9.62 Å². The minimum atomic E-state index is -3.58. The van der Waals surface area contributed by atoms with Crippen LogP contribution in [-0.2, 0) is 10.0 Å². The van der Waals surface area contributed by atoms with Crippen LogP contribution in [0.4, 0.5) is 5.69 Å². The predicted molar refractivity (Wildman–Crippen MR) is 97.7 cm³/mol. The fraction of sp³-hybridized carbons (Fsp3) is 0.235. The summed E-state index contributed by atoms with van der Waals surface area (Å²) in [6, 6.07) is 10.8. The van der Waals surface area contributed by atoms with Crippen molar-refractivity contribution in [2.45, 2.75) is 11.0 Å². The highest BCUT2D eigenvalue weighted by molar-refractivity contribution is 7.89. The molecule has 144 valence electrons. The number of sulfonamides is 1. The number of aliphatic hydroxyl groups is 1. The van der Waals surface area contributed by atoms with Gasteiger partial charge in [0.1, 0.15) is 0 Å². The average molecular weight is 393 g/mol. The fourth-order valence-corrected chi connectivity index (χ4v) is 3.12. The van der Waals surface area contributed by atoms with Crippen LogP contribution < -0.4 is 5.32 Å². The lowest BCUT2D eigenvalue weighted by molar-refractivity contribution is -0.384. The number of amides is 1. The zero-order chi connectivity index (χ0) is 20.2. The SMILES string of the molecule is CN(C)S(=O)(=O)c1ccc(C(=O)NC[C@H](O)c2ccc([N+](=O)[O-])cc2)cc1. The van der Waals surface area contributed by atoms with E-state index >= 15 is 0 Å². The molecule has 0 aliphatic rings. The number of rotatable bonds is 7. The van der Waals surface area contributed by atoms with Gasteiger partial charge in [0.15, 0.2) is 0 Å². The highest BCUT2D eigenvalue weighted by Crippen LogP contribution is 2.18. The molecule has 0 saturated heterocycles. The van der Waals surface area contributed by atoms with Gasteiger partial charge in [-0.1, -0.05) is 0 Å². The van der Waals surface area contributed by atoms with Gasteiger partial charge in [0, 0.05) is 38.3 Å². The second-order valence-electron chi connectivity index (χ2n) is 5.89. The quantitative estimate of drug-likeness (QED) is 0.539. The van der Waals surface area contributed by atoms with E-state index in [1.165, 1.54) is 62.6 Å². The number of nitrogens with one attached hydrogen (secondary N) is 1. The minimum Gasteiger partial charge on any atom is -0.387 e. The molecule has 9 nitrogen and oxygen atoms in total. The molecule has 10 heteroatoms. The van der Waals surface area contributed by atoms with E-state index in [4.69, 9.17) is 0 Å². The van der Waals surface area contributed by atoms with Crippen molar-refractivity contribution < 1.29 is 23.2 Å². The predicted octanol–water partition coefficient (Wildman–Crippen LogP) is 1.31. The van der Waals surface area contributed by atoms with Crippen LogP contribution in [0.15, 0.2) is 53.4 Å². The summed E-state index contributed by atoms with van der Waals surface area (Å²) in [6.07, 6.45) is -1.04. The van der Waals surface area contributed by atoms with Crippen molar-refractivity contribution in [2.24, 2.45) is 0 Å². The molecule has 2 aromatic carbocycles. The summed E-state index contributed by atoms with van der Waals surface area (Å²) in [6.45, 7) is -0.103. The van der Waals surface area contributed by atoms with Crippen LogP contribution in [0.2, 0.25) is 0 Å². The van der Waals surface area contributed by atoms with Crippen LogP contribution in [0.5, 0.6) is 0 Å². The van der Waals surface area contributed by atoms with Crippen molar-refractivity contribution in [3.8, 4) is 0 Å². The molecule has 2 aromatic rings. The maximum Gasteiger partial charge on any atom is 0.269 e. The molecule has 0 unspecified atom stereocenters. The van der Waals surface area contributed by atoms with E-state index in [2.05, 4.69) is 5.32 Å². The maximum atomic E-state index is 12.1. The summed E-state index contributed by atoms with van der Waals surface area (Å²) in [7, 11) is -0.753. The number of carbonyl (C=O) groups is 1. The average Bonchev–Trinajstić information content (AvgIpc) is 2.65. The van der Waals surface area contributed by atoms with Gasteiger partial charge in [0.25, 0.3) is 11.6 Å². The molecule has 2 N–H and O–H groups in total. The van der Waals surface area contributed by atoms with Gasteiger partial charge in [-0.2, -0.15) is 0 Å². The molecule has 0 aliphatic carbocycles. The molecule has 27 heavy (non-hydrogen) atoms. The van der Waals surface area contributed by atoms with E-state index in [0.717, 1.165) is 4.31 Å². The first kappa shape index (κ1) is 20.5. The number of nitro groups is 1. The summed E-state index contributed by atoms with van der Waals surface area (Å²) in [4.78, 5) is 22.3. The van der Waals surface area contributed by atoms with E-state index < -0.39 is 27.0 Å². The number of hydrogen-bond acceptors (Lipinski definition) is 6. The first-order valence-electron chi connectivity index (χ1n) is 7.86. The Morgan fingerprint density at radius 3 is 2.19 bits per heavy atom. The third kappa shape index (κ3) is 4.88. The number of nitro benzene ring substituents is 1. The fourth-order valence-electron chi connectivity index (χ4n) is 2.22. The number of aliphatic hydroxyl groups excluding tert-OH is 1. The number of carbonyl (C=O) groups excluding carboxylic acids is 1. The molecular formula is C17H19N3O6S. The van der Waals surface area contributed by atoms with Gasteiger partial charge >= 0.3 is 0 Å². The third-order valence-electron chi connectivity index (χ3n) is 3.84. The van der Waals surface area contributed by atoms with E-state index in [0.29, 0.717) is 5.56 Å². The summed E-state index contributed by atoms with van der Waals surface area (Å²) in [5.74, 6) is -0.482. The largest absolute Gasteiger partial charge is 0.387 e. The van der Waals surface area contributed by atoms with Gasteiger partial charge in [-0.25, -0.2) is 12.7 Å². The van der Waals surface area contributed by atoms with E-state index in [1.54, 1.807) is 0 Å². The van der Waals surface area contributed by atoms with E-state index in [-0.39, 0.29) is 22.7 Å². The molecule has 0 radical (unpaired) electrons. The normalized spacial score (nSPS) is 12.6. The van der Waals surface area contributed by atoms with Gasteiger partial charge in [0.05, 0.1) is 15.9 Å². The van der Waals surface area contributed by atoms with Gasteiger partial charge in [0.2, 0.25) is 10.0 Å². The Hall–Kier alpha value is -2.82. The second-order valence-corrected chi connectivity index (χ2v) is 8.04. The molecule has 0 fully saturated rings. The summed E-state index contributed by atoms with van der Waals surface area (Å²) >= 11 is 0. The minimum absolute atomic E-state index is 0.0648. The Morgan fingerprint density at radius 2 is 1.70 bits per heavy atom. The monoisotopic (exact) mass is 393 g/mol. The zero-order valence-electron chi connectivity index (χ0n) is 14.7. The Labute approximate surface area is 156 Å². The zero-order valence-corrected chi connectivity index (χ0v) is 15.5. The maximum absolute atomic E-state index is 12.1. The highest BCUT2D eigenvalue weighted by atomic mass is 32.2. The first-order chi connectivity index (χ1) is 12.6. The van der Waals surface area contributed by atoms with Crippen LogP contribution in [0.1, 0.15) is 22.0 Å². The van der Waals surface area contributed by atoms with Gasteiger partial charge < -0.3 is 10.4 Å². The van der Waals surface area contributed by atoms with Crippen molar-refractivity contribution in [3.63, 3.8) is 0 Å². The Morgan fingerprint density at radius 1 is 1.15 bits per heavy atom.